The molecule has 2 heteroatoms. The van der Waals surface area contributed by atoms with E-state index in [9.17, 15) is 4.79 Å². The maximum Gasteiger partial charge on any atom is 0.132 e. The lowest BCUT2D eigenvalue weighted by Crippen LogP contribution is -2.04. The van der Waals surface area contributed by atoms with Crippen molar-refractivity contribution in [2.75, 3.05) is 6.54 Å². The molecule has 0 radical (unpaired) electrons. The van der Waals surface area contributed by atoms with Crippen molar-refractivity contribution in [2.24, 2.45) is 5.73 Å². The van der Waals surface area contributed by atoms with Gasteiger partial charge in [-0.05, 0) is 19.4 Å². The first-order valence-electron chi connectivity index (χ1n) is 7.53. The number of Topliss-reactive ketones (excluding diaryl/α,β-unsaturated/α-hetero) is 1. The SMILES string of the molecule is CCCCCCCCCCCC(=O)CCCN. The van der Waals surface area contributed by atoms with Crippen molar-refractivity contribution in [1.29, 1.82) is 0 Å². The summed E-state index contributed by atoms with van der Waals surface area (Å²) in [6.45, 7) is 2.89. The number of rotatable bonds is 13. The molecule has 0 atom stereocenters. The molecule has 102 valence electrons. The third-order valence-electron chi connectivity index (χ3n) is 3.22. The lowest BCUT2D eigenvalue weighted by Gasteiger charge is -2.02. The van der Waals surface area contributed by atoms with E-state index in [1.165, 1.54) is 51.4 Å². The van der Waals surface area contributed by atoms with E-state index in [1.54, 1.807) is 0 Å². The average molecular weight is 241 g/mol. The second-order valence-electron chi connectivity index (χ2n) is 5.01. The first kappa shape index (κ1) is 16.6. The van der Waals surface area contributed by atoms with Crippen molar-refractivity contribution < 1.29 is 4.79 Å². The molecule has 0 unspecified atom stereocenters. The summed E-state index contributed by atoms with van der Waals surface area (Å²) in [4.78, 5) is 11.4. The van der Waals surface area contributed by atoms with Crippen molar-refractivity contribution in [1.82, 2.24) is 0 Å². The first-order valence-corrected chi connectivity index (χ1v) is 7.53. The molecule has 0 aliphatic rings. The molecule has 0 saturated heterocycles. The van der Waals surface area contributed by atoms with Crippen LogP contribution >= 0.6 is 0 Å². The van der Waals surface area contributed by atoms with E-state index in [2.05, 4.69) is 6.92 Å². The molecule has 0 aromatic rings. The van der Waals surface area contributed by atoms with E-state index >= 15 is 0 Å². The van der Waals surface area contributed by atoms with Crippen LogP contribution in [0.2, 0.25) is 0 Å². The summed E-state index contributed by atoms with van der Waals surface area (Å²) in [6, 6.07) is 0. The number of hydrogen-bond donors (Lipinski definition) is 1. The molecule has 0 rings (SSSR count). The zero-order valence-corrected chi connectivity index (χ0v) is 11.7. The Labute approximate surface area is 107 Å². The Morgan fingerprint density at radius 2 is 1.24 bits per heavy atom. The molecule has 0 heterocycles. The van der Waals surface area contributed by atoms with Gasteiger partial charge in [-0.3, -0.25) is 4.79 Å². The molecule has 0 aliphatic carbocycles. The molecule has 2 nitrogen and oxygen atoms in total. The molecule has 0 fully saturated rings. The summed E-state index contributed by atoms with van der Waals surface area (Å²) < 4.78 is 0. The molecular formula is C15H31NO. The van der Waals surface area contributed by atoms with Gasteiger partial charge in [-0.1, -0.05) is 58.3 Å². The molecule has 2 N–H and O–H groups in total. The molecule has 0 amide bonds. The Morgan fingerprint density at radius 3 is 1.76 bits per heavy atom. The maximum atomic E-state index is 11.4. The first-order chi connectivity index (χ1) is 8.31. The van der Waals surface area contributed by atoms with Crippen LogP contribution in [-0.2, 0) is 4.79 Å². The molecule has 0 aliphatic heterocycles. The second-order valence-corrected chi connectivity index (χ2v) is 5.01. The predicted octanol–water partition coefficient (Wildman–Crippen LogP) is 4.22. The topological polar surface area (TPSA) is 43.1 Å². The van der Waals surface area contributed by atoms with Crippen molar-refractivity contribution in [3.05, 3.63) is 0 Å². The Bertz CT molecular complexity index is 168. The summed E-state index contributed by atoms with van der Waals surface area (Å²) in [7, 11) is 0. The fourth-order valence-electron chi connectivity index (χ4n) is 2.06. The van der Waals surface area contributed by atoms with Gasteiger partial charge in [-0.25, -0.2) is 0 Å². The van der Waals surface area contributed by atoms with E-state index in [-0.39, 0.29) is 0 Å². The Morgan fingerprint density at radius 1 is 0.765 bits per heavy atom. The number of ketones is 1. The highest BCUT2D eigenvalue weighted by Gasteiger charge is 2.00. The van der Waals surface area contributed by atoms with Gasteiger partial charge in [-0.15, -0.1) is 0 Å². The van der Waals surface area contributed by atoms with Gasteiger partial charge in [0.15, 0.2) is 0 Å². The van der Waals surface area contributed by atoms with Crippen LogP contribution in [0.15, 0.2) is 0 Å². The van der Waals surface area contributed by atoms with Gasteiger partial charge in [0.25, 0.3) is 0 Å². The van der Waals surface area contributed by atoms with Crippen LogP contribution in [0.3, 0.4) is 0 Å². The summed E-state index contributed by atoms with van der Waals surface area (Å²) >= 11 is 0. The fraction of sp³-hybridized carbons (Fsp3) is 0.933. The van der Waals surface area contributed by atoms with Gasteiger partial charge in [0.05, 0.1) is 0 Å². The van der Waals surface area contributed by atoms with Gasteiger partial charge in [-0.2, -0.15) is 0 Å². The number of nitrogens with two attached hydrogens (primary N) is 1. The van der Waals surface area contributed by atoms with E-state index in [0.29, 0.717) is 18.7 Å². The third-order valence-corrected chi connectivity index (χ3v) is 3.22. The molecule has 0 bridgehead atoms. The smallest absolute Gasteiger partial charge is 0.132 e. The van der Waals surface area contributed by atoms with Crippen LogP contribution in [0.5, 0.6) is 0 Å². The third kappa shape index (κ3) is 13.6. The van der Waals surface area contributed by atoms with E-state index in [1.807, 2.05) is 0 Å². The van der Waals surface area contributed by atoms with Gasteiger partial charge >= 0.3 is 0 Å². The largest absolute Gasteiger partial charge is 0.330 e. The number of carbonyl (C=O) groups is 1. The molecular weight excluding hydrogens is 210 g/mol. The molecule has 17 heavy (non-hydrogen) atoms. The summed E-state index contributed by atoms with van der Waals surface area (Å²) in [5, 5.41) is 0. The maximum absolute atomic E-state index is 11.4. The Balaban J connectivity index is 3.05. The Hall–Kier alpha value is -0.370. The van der Waals surface area contributed by atoms with Gasteiger partial charge in [0.2, 0.25) is 0 Å². The molecule has 0 aromatic heterocycles. The summed E-state index contributed by atoms with van der Waals surface area (Å²) in [6.07, 6.45) is 14.1. The van der Waals surface area contributed by atoms with Crippen molar-refractivity contribution in [3.63, 3.8) is 0 Å². The fourth-order valence-corrected chi connectivity index (χ4v) is 2.06. The molecule has 0 aromatic carbocycles. The zero-order valence-electron chi connectivity index (χ0n) is 11.7. The predicted molar refractivity (Wildman–Crippen MR) is 75.1 cm³/mol. The van der Waals surface area contributed by atoms with Gasteiger partial charge in [0, 0.05) is 12.8 Å². The van der Waals surface area contributed by atoms with E-state index < -0.39 is 0 Å². The Kier molecular flexibility index (Phi) is 13.4. The highest BCUT2D eigenvalue weighted by Crippen LogP contribution is 2.11. The minimum absolute atomic E-state index is 0.401. The quantitative estimate of drug-likeness (QED) is 0.491. The molecule has 0 spiro atoms. The van der Waals surface area contributed by atoms with Crippen LogP contribution < -0.4 is 5.73 Å². The summed E-state index contributed by atoms with van der Waals surface area (Å²) in [5.74, 6) is 0.401. The van der Waals surface area contributed by atoms with Gasteiger partial charge < -0.3 is 5.73 Å². The van der Waals surface area contributed by atoms with Crippen LogP contribution in [0.1, 0.15) is 84.0 Å². The molecule has 0 saturated carbocycles. The van der Waals surface area contributed by atoms with Crippen molar-refractivity contribution >= 4 is 5.78 Å². The van der Waals surface area contributed by atoms with Crippen molar-refractivity contribution in [3.8, 4) is 0 Å². The monoisotopic (exact) mass is 241 g/mol. The minimum atomic E-state index is 0.401. The number of carbonyl (C=O) groups excluding carboxylic acids is 1. The van der Waals surface area contributed by atoms with E-state index in [4.69, 9.17) is 5.73 Å². The van der Waals surface area contributed by atoms with Crippen molar-refractivity contribution in [2.45, 2.75) is 84.0 Å². The lowest BCUT2D eigenvalue weighted by molar-refractivity contribution is -0.119. The van der Waals surface area contributed by atoms with Crippen LogP contribution in [0, 0.1) is 0 Å². The minimum Gasteiger partial charge on any atom is -0.330 e. The normalized spacial score (nSPS) is 10.7. The van der Waals surface area contributed by atoms with Crippen LogP contribution in [0.4, 0.5) is 0 Å². The lowest BCUT2D eigenvalue weighted by atomic mass is 10.0. The number of hydrogen-bond acceptors (Lipinski definition) is 2. The second kappa shape index (κ2) is 13.7. The standard InChI is InChI=1S/C15H31NO/c1-2-3-4-5-6-7-8-9-10-12-15(17)13-11-14-16/h2-14,16H2,1H3. The highest BCUT2D eigenvalue weighted by molar-refractivity contribution is 5.78. The zero-order chi connectivity index (χ0) is 12.8. The summed E-state index contributed by atoms with van der Waals surface area (Å²) in [5.41, 5.74) is 5.37. The van der Waals surface area contributed by atoms with E-state index in [0.717, 1.165) is 19.3 Å². The highest BCUT2D eigenvalue weighted by atomic mass is 16.1. The van der Waals surface area contributed by atoms with Crippen LogP contribution in [-0.4, -0.2) is 12.3 Å². The van der Waals surface area contributed by atoms with Crippen LogP contribution in [0.25, 0.3) is 0 Å². The number of unbranched alkanes of at least 4 members (excludes halogenated alkanes) is 8. The van der Waals surface area contributed by atoms with Gasteiger partial charge in [0.1, 0.15) is 5.78 Å². The average Bonchev–Trinajstić information content (AvgIpc) is 2.34.